The van der Waals surface area contributed by atoms with Crippen LogP contribution in [0.4, 0.5) is 0 Å². The first-order valence-corrected chi connectivity index (χ1v) is 10.4. The smallest absolute Gasteiger partial charge is 0.253 e. The number of hydrogen-bond acceptors (Lipinski definition) is 4. The van der Waals surface area contributed by atoms with E-state index in [-0.39, 0.29) is 17.7 Å². The van der Waals surface area contributed by atoms with Crippen molar-refractivity contribution < 1.29 is 13.2 Å². The Bertz CT molecular complexity index is 1030. The molecule has 3 aromatic rings. The van der Waals surface area contributed by atoms with Gasteiger partial charge in [-0.1, -0.05) is 36.4 Å². The van der Waals surface area contributed by atoms with E-state index in [9.17, 15) is 13.2 Å². The van der Waals surface area contributed by atoms with E-state index in [0.717, 1.165) is 11.1 Å². The summed E-state index contributed by atoms with van der Waals surface area (Å²) in [5.41, 5.74) is 2.78. The van der Waals surface area contributed by atoms with Gasteiger partial charge in [0.25, 0.3) is 5.91 Å². The van der Waals surface area contributed by atoms with Crippen molar-refractivity contribution in [2.45, 2.75) is 19.4 Å². The predicted molar refractivity (Wildman–Crippen MR) is 103 cm³/mol. The number of H-pyrrole nitrogens is 1. The number of para-hydroxylation sites is 1. The normalized spacial score (nSPS) is 12.8. The fourth-order valence-corrected chi connectivity index (χ4v) is 3.49. The van der Waals surface area contributed by atoms with Gasteiger partial charge in [0, 0.05) is 17.9 Å². The van der Waals surface area contributed by atoms with Crippen LogP contribution in [0.1, 0.15) is 23.7 Å². The van der Waals surface area contributed by atoms with E-state index < -0.39 is 9.84 Å². The number of nitrogens with one attached hydrogen (secondary N) is 2. The average molecular weight is 371 g/mol. The number of carbonyl (C=O) groups is 1. The Hall–Kier alpha value is -2.67. The molecule has 0 fully saturated rings. The zero-order valence-electron chi connectivity index (χ0n) is 14.7. The van der Waals surface area contributed by atoms with Crippen LogP contribution in [0.2, 0.25) is 0 Å². The molecule has 1 heterocycles. The number of carbonyl (C=O) groups excluding carboxylic acids is 1. The summed E-state index contributed by atoms with van der Waals surface area (Å²) in [6.07, 6.45) is 1.56. The number of hydrogen-bond donors (Lipinski definition) is 2. The molecular weight excluding hydrogens is 350 g/mol. The third-order valence-electron chi connectivity index (χ3n) is 4.10. The molecule has 0 spiro atoms. The second kappa shape index (κ2) is 7.29. The van der Waals surface area contributed by atoms with Crippen molar-refractivity contribution in [3.05, 3.63) is 54.1 Å². The maximum atomic E-state index is 12.6. The van der Waals surface area contributed by atoms with E-state index in [1.54, 1.807) is 19.1 Å². The van der Waals surface area contributed by atoms with Crippen molar-refractivity contribution in [3.8, 4) is 11.4 Å². The zero-order chi connectivity index (χ0) is 18.7. The summed E-state index contributed by atoms with van der Waals surface area (Å²) in [7, 11) is -3.05. The number of amides is 1. The number of aromatic nitrogens is 2. The van der Waals surface area contributed by atoms with Crippen molar-refractivity contribution in [1.82, 2.24) is 15.3 Å². The van der Waals surface area contributed by atoms with Crippen molar-refractivity contribution in [2.24, 2.45) is 0 Å². The lowest BCUT2D eigenvalue weighted by Crippen LogP contribution is -2.34. The van der Waals surface area contributed by atoms with Crippen molar-refractivity contribution in [1.29, 1.82) is 0 Å². The van der Waals surface area contributed by atoms with Gasteiger partial charge in [-0.15, -0.1) is 0 Å². The first kappa shape index (κ1) is 18.1. The van der Waals surface area contributed by atoms with Gasteiger partial charge in [-0.05, 0) is 25.5 Å². The lowest BCUT2D eigenvalue weighted by molar-refractivity contribution is 0.0941. The van der Waals surface area contributed by atoms with Crippen LogP contribution in [-0.4, -0.2) is 42.3 Å². The highest BCUT2D eigenvalue weighted by atomic mass is 32.2. The van der Waals surface area contributed by atoms with Crippen LogP contribution in [0.15, 0.2) is 48.5 Å². The minimum absolute atomic E-state index is 0.0409. The van der Waals surface area contributed by atoms with Gasteiger partial charge in [0.15, 0.2) is 0 Å². The molecule has 1 amide bonds. The van der Waals surface area contributed by atoms with Crippen LogP contribution in [0, 0.1) is 0 Å². The van der Waals surface area contributed by atoms with Crippen molar-refractivity contribution >= 4 is 26.8 Å². The van der Waals surface area contributed by atoms with Gasteiger partial charge in [0.1, 0.15) is 21.2 Å². The van der Waals surface area contributed by atoms with E-state index >= 15 is 0 Å². The molecular formula is C19H21N3O3S. The van der Waals surface area contributed by atoms with Gasteiger partial charge in [-0.25, -0.2) is 13.4 Å². The maximum Gasteiger partial charge on any atom is 0.253 e. The second-order valence-electron chi connectivity index (χ2n) is 6.45. The molecule has 3 rings (SSSR count). The van der Waals surface area contributed by atoms with Gasteiger partial charge in [-0.2, -0.15) is 0 Å². The summed E-state index contributed by atoms with van der Waals surface area (Å²) in [6, 6.07) is 14.8. The Kier molecular flexibility index (Phi) is 5.08. The average Bonchev–Trinajstić information content (AvgIpc) is 3.04. The molecule has 1 aromatic heterocycles. The number of nitrogens with zero attached hydrogens (tertiary/aromatic N) is 1. The summed E-state index contributed by atoms with van der Waals surface area (Å²) in [5, 5.41) is 2.85. The van der Waals surface area contributed by atoms with E-state index in [1.807, 2.05) is 36.4 Å². The third-order valence-corrected chi connectivity index (χ3v) is 5.08. The SMILES string of the molecule is CC(CCS(C)(=O)=O)NC(=O)c1cccc2[nH]c(-c3ccccc3)nc12. The molecule has 0 saturated heterocycles. The summed E-state index contributed by atoms with van der Waals surface area (Å²) in [6.45, 7) is 1.79. The molecule has 0 aliphatic rings. The molecule has 2 aromatic carbocycles. The molecule has 1 atom stereocenters. The Morgan fingerprint density at radius 1 is 1.15 bits per heavy atom. The van der Waals surface area contributed by atoms with Gasteiger partial charge >= 0.3 is 0 Å². The van der Waals surface area contributed by atoms with Gasteiger partial charge in [-0.3, -0.25) is 4.79 Å². The minimum atomic E-state index is -3.05. The van der Waals surface area contributed by atoms with Gasteiger partial charge < -0.3 is 10.3 Å². The molecule has 2 N–H and O–H groups in total. The zero-order valence-corrected chi connectivity index (χ0v) is 15.5. The van der Waals surface area contributed by atoms with Gasteiger partial charge in [0.05, 0.1) is 16.8 Å². The first-order chi connectivity index (χ1) is 12.3. The fraction of sp³-hybridized carbons (Fsp3) is 0.263. The fourth-order valence-electron chi connectivity index (χ4n) is 2.71. The number of rotatable bonds is 6. The summed E-state index contributed by atoms with van der Waals surface area (Å²) >= 11 is 0. The highest BCUT2D eigenvalue weighted by Gasteiger charge is 2.17. The van der Waals surface area contributed by atoms with E-state index in [0.29, 0.717) is 23.3 Å². The standard InChI is InChI=1S/C19H21N3O3S/c1-13(11-12-26(2,24)25)20-19(23)15-9-6-10-16-17(15)22-18(21-16)14-7-4-3-5-8-14/h3-10,13H,11-12H2,1-2H3,(H,20,23)(H,21,22). The third kappa shape index (κ3) is 4.29. The van der Waals surface area contributed by atoms with Crippen molar-refractivity contribution in [2.75, 3.05) is 12.0 Å². The molecule has 26 heavy (non-hydrogen) atoms. The van der Waals surface area contributed by atoms with Crippen LogP contribution < -0.4 is 5.32 Å². The van der Waals surface area contributed by atoms with Crippen LogP contribution >= 0.6 is 0 Å². The number of fused-ring (bicyclic) bond motifs is 1. The van der Waals surface area contributed by atoms with Crippen LogP contribution in [0.5, 0.6) is 0 Å². The summed E-state index contributed by atoms with van der Waals surface area (Å²) in [5.74, 6) is 0.479. The lowest BCUT2D eigenvalue weighted by atomic mass is 10.1. The largest absolute Gasteiger partial charge is 0.349 e. The topological polar surface area (TPSA) is 91.9 Å². The lowest BCUT2D eigenvalue weighted by Gasteiger charge is -2.13. The molecule has 0 bridgehead atoms. The number of sulfone groups is 1. The molecule has 136 valence electrons. The molecule has 0 radical (unpaired) electrons. The molecule has 1 unspecified atom stereocenters. The quantitative estimate of drug-likeness (QED) is 0.697. The Balaban J connectivity index is 1.83. The Labute approximate surface area is 152 Å². The van der Waals surface area contributed by atoms with Gasteiger partial charge in [0.2, 0.25) is 0 Å². The number of aromatic amines is 1. The Morgan fingerprint density at radius 2 is 1.88 bits per heavy atom. The summed E-state index contributed by atoms with van der Waals surface area (Å²) < 4.78 is 22.6. The van der Waals surface area contributed by atoms with E-state index in [1.165, 1.54) is 6.26 Å². The van der Waals surface area contributed by atoms with E-state index in [2.05, 4.69) is 15.3 Å². The highest BCUT2D eigenvalue weighted by molar-refractivity contribution is 7.90. The highest BCUT2D eigenvalue weighted by Crippen LogP contribution is 2.22. The molecule has 6 nitrogen and oxygen atoms in total. The molecule has 7 heteroatoms. The van der Waals surface area contributed by atoms with Crippen LogP contribution in [0.3, 0.4) is 0 Å². The monoisotopic (exact) mass is 371 g/mol. The number of imidazole rings is 1. The molecule has 0 saturated carbocycles. The Morgan fingerprint density at radius 3 is 2.58 bits per heavy atom. The van der Waals surface area contributed by atoms with Crippen LogP contribution in [0.25, 0.3) is 22.4 Å². The predicted octanol–water partition coefficient (Wildman–Crippen LogP) is 2.78. The number of benzene rings is 2. The first-order valence-electron chi connectivity index (χ1n) is 8.36. The molecule has 0 aliphatic carbocycles. The second-order valence-corrected chi connectivity index (χ2v) is 8.71. The maximum absolute atomic E-state index is 12.6. The van der Waals surface area contributed by atoms with Crippen molar-refractivity contribution in [3.63, 3.8) is 0 Å². The summed E-state index contributed by atoms with van der Waals surface area (Å²) in [4.78, 5) is 20.4. The van der Waals surface area contributed by atoms with E-state index in [4.69, 9.17) is 0 Å². The minimum Gasteiger partial charge on any atom is -0.349 e. The molecule has 0 aliphatic heterocycles. The van der Waals surface area contributed by atoms with Crippen LogP contribution in [-0.2, 0) is 9.84 Å².